The first-order valence-corrected chi connectivity index (χ1v) is 6.77. The van der Waals surface area contributed by atoms with Gasteiger partial charge in [0.1, 0.15) is 17.4 Å². The van der Waals surface area contributed by atoms with Gasteiger partial charge in [-0.3, -0.25) is 4.79 Å². The first-order chi connectivity index (χ1) is 10.1. The number of benzene rings is 1. The van der Waals surface area contributed by atoms with E-state index in [9.17, 15) is 10.1 Å². The molecule has 0 spiro atoms. The Bertz CT molecular complexity index is 694. The van der Waals surface area contributed by atoms with Gasteiger partial charge in [-0.1, -0.05) is 19.1 Å². The highest BCUT2D eigenvalue weighted by atomic mass is 16.5. The fraction of sp³-hybridized carbons (Fsp3) is 0.294. The quantitative estimate of drug-likeness (QED) is 0.786. The van der Waals surface area contributed by atoms with E-state index in [1.165, 1.54) is 0 Å². The van der Waals surface area contributed by atoms with Crippen molar-refractivity contribution in [2.24, 2.45) is 0 Å². The van der Waals surface area contributed by atoms with Crippen molar-refractivity contribution in [1.82, 2.24) is 0 Å². The first kappa shape index (κ1) is 14.9. The standard InChI is InChI=1S/C17H17NO3/c1-4-13-7-8-15(21-13)17(19)14(10-18)12-6-5-11(2)16(9-12)20-3/h5-9,14H,4H2,1-3H3. The van der Waals surface area contributed by atoms with E-state index in [2.05, 4.69) is 0 Å². The average Bonchev–Trinajstić information content (AvgIpc) is 2.98. The molecule has 21 heavy (non-hydrogen) atoms. The maximum Gasteiger partial charge on any atom is 0.219 e. The molecule has 0 saturated carbocycles. The summed E-state index contributed by atoms with van der Waals surface area (Å²) in [7, 11) is 1.56. The lowest BCUT2D eigenvalue weighted by Gasteiger charge is -2.10. The number of rotatable bonds is 5. The van der Waals surface area contributed by atoms with Gasteiger partial charge in [-0.2, -0.15) is 5.26 Å². The van der Waals surface area contributed by atoms with Gasteiger partial charge in [-0.05, 0) is 36.2 Å². The molecule has 1 heterocycles. The zero-order valence-corrected chi connectivity index (χ0v) is 12.3. The van der Waals surface area contributed by atoms with Crippen LogP contribution in [0.3, 0.4) is 0 Å². The number of hydrogen-bond donors (Lipinski definition) is 0. The molecule has 2 rings (SSSR count). The lowest BCUT2D eigenvalue weighted by Crippen LogP contribution is -2.10. The Hall–Kier alpha value is -2.54. The minimum Gasteiger partial charge on any atom is -0.496 e. The number of furan rings is 1. The number of ether oxygens (including phenoxy) is 1. The number of nitrogens with zero attached hydrogens (tertiary/aromatic N) is 1. The zero-order chi connectivity index (χ0) is 15.4. The summed E-state index contributed by atoms with van der Waals surface area (Å²) in [6.45, 7) is 3.85. The molecule has 0 amide bonds. The van der Waals surface area contributed by atoms with Crippen LogP contribution in [0, 0.1) is 18.3 Å². The molecule has 1 atom stereocenters. The molecule has 0 aliphatic heterocycles. The summed E-state index contributed by atoms with van der Waals surface area (Å²) in [4.78, 5) is 12.4. The van der Waals surface area contributed by atoms with Crippen LogP contribution in [-0.4, -0.2) is 12.9 Å². The molecular weight excluding hydrogens is 266 g/mol. The third kappa shape index (κ3) is 2.97. The fourth-order valence-corrected chi connectivity index (χ4v) is 2.14. The first-order valence-electron chi connectivity index (χ1n) is 6.77. The number of carbonyl (C=O) groups is 1. The normalized spacial score (nSPS) is 11.7. The fourth-order valence-electron chi connectivity index (χ4n) is 2.14. The largest absolute Gasteiger partial charge is 0.496 e. The smallest absolute Gasteiger partial charge is 0.219 e. The second-order valence-electron chi connectivity index (χ2n) is 4.77. The van der Waals surface area contributed by atoms with Gasteiger partial charge in [0.15, 0.2) is 5.76 Å². The van der Waals surface area contributed by atoms with E-state index >= 15 is 0 Å². The van der Waals surface area contributed by atoms with E-state index in [1.54, 1.807) is 31.4 Å². The van der Waals surface area contributed by atoms with Crippen molar-refractivity contribution in [3.05, 3.63) is 53.0 Å². The van der Waals surface area contributed by atoms with Gasteiger partial charge < -0.3 is 9.15 Å². The third-order valence-corrected chi connectivity index (χ3v) is 3.41. The van der Waals surface area contributed by atoms with Crippen LogP contribution in [-0.2, 0) is 6.42 Å². The van der Waals surface area contributed by atoms with Crippen LogP contribution in [0.25, 0.3) is 0 Å². The molecule has 108 valence electrons. The molecule has 0 fully saturated rings. The van der Waals surface area contributed by atoms with Crippen LogP contribution < -0.4 is 4.74 Å². The summed E-state index contributed by atoms with van der Waals surface area (Å²) < 4.78 is 10.7. The van der Waals surface area contributed by atoms with Gasteiger partial charge in [0, 0.05) is 6.42 Å². The van der Waals surface area contributed by atoms with Crippen molar-refractivity contribution >= 4 is 5.78 Å². The van der Waals surface area contributed by atoms with Crippen LogP contribution in [0.2, 0.25) is 0 Å². The predicted molar refractivity (Wildman–Crippen MR) is 78.5 cm³/mol. The van der Waals surface area contributed by atoms with Crippen molar-refractivity contribution in [2.75, 3.05) is 7.11 Å². The SMILES string of the molecule is CCc1ccc(C(=O)C(C#N)c2ccc(C)c(OC)c2)o1. The van der Waals surface area contributed by atoms with E-state index in [-0.39, 0.29) is 11.5 Å². The van der Waals surface area contributed by atoms with Crippen LogP contribution in [0.4, 0.5) is 0 Å². The van der Waals surface area contributed by atoms with Gasteiger partial charge in [0.25, 0.3) is 0 Å². The van der Waals surface area contributed by atoms with Crippen molar-refractivity contribution in [3.63, 3.8) is 0 Å². The highest BCUT2D eigenvalue weighted by molar-refractivity contribution is 6.00. The Balaban J connectivity index is 2.35. The van der Waals surface area contributed by atoms with Crippen molar-refractivity contribution in [1.29, 1.82) is 5.26 Å². The topological polar surface area (TPSA) is 63.2 Å². The zero-order valence-electron chi connectivity index (χ0n) is 12.3. The molecular formula is C17H17NO3. The molecule has 1 aromatic heterocycles. The molecule has 2 aromatic rings. The Kier molecular flexibility index (Phi) is 4.44. The molecule has 0 bridgehead atoms. The summed E-state index contributed by atoms with van der Waals surface area (Å²) in [5.41, 5.74) is 1.57. The van der Waals surface area contributed by atoms with Crippen LogP contribution in [0.1, 0.15) is 40.3 Å². The summed E-state index contributed by atoms with van der Waals surface area (Å²) >= 11 is 0. The van der Waals surface area contributed by atoms with Gasteiger partial charge in [0.05, 0.1) is 13.2 Å². The molecule has 0 saturated heterocycles. The van der Waals surface area contributed by atoms with E-state index in [0.717, 1.165) is 11.3 Å². The predicted octanol–water partition coefficient (Wildman–Crippen LogP) is 3.65. The van der Waals surface area contributed by atoms with Gasteiger partial charge >= 0.3 is 0 Å². The molecule has 4 heteroatoms. The van der Waals surface area contributed by atoms with Crippen LogP contribution >= 0.6 is 0 Å². The molecule has 0 aliphatic carbocycles. The summed E-state index contributed by atoms with van der Waals surface area (Å²) in [6.07, 6.45) is 0.711. The van der Waals surface area contributed by atoms with E-state index < -0.39 is 5.92 Å². The van der Waals surface area contributed by atoms with E-state index in [4.69, 9.17) is 9.15 Å². The lowest BCUT2D eigenvalue weighted by atomic mass is 9.94. The number of methoxy groups -OCH3 is 1. The third-order valence-electron chi connectivity index (χ3n) is 3.41. The maximum atomic E-state index is 12.4. The minimum absolute atomic E-state index is 0.220. The molecule has 0 N–H and O–H groups in total. The number of hydrogen-bond acceptors (Lipinski definition) is 4. The van der Waals surface area contributed by atoms with Crippen molar-refractivity contribution in [3.8, 4) is 11.8 Å². The molecule has 1 unspecified atom stereocenters. The number of aryl methyl sites for hydroxylation is 2. The van der Waals surface area contributed by atoms with Crippen molar-refractivity contribution < 1.29 is 13.9 Å². The molecule has 0 radical (unpaired) electrons. The maximum absolute atomic E-state index is 12.4. The Labute approximate surface area is 124 Å². The monoisotopic (exact) mass is 283 g/mol. The van der Waals surface area contributed by atoms with Crippen LogP contribution in [0.15, 0.2) is 34.7 Å². The second kappa shape index (κ2) is 6.27. The van der Waals surface area contributed by atoms with Crippen LogP contribution in [0.5, 0.6) is 5.75 Å². The Morgan fingerprint density at radius 1 is 1.38 bits per heavy atom. The number of carbonyl (C=O) groups excluding carboxylic acids is 1. The summed E-state index contributed by atoms with van der Waals surface area (Å²) in [6, 6.07) is 10.8. The molecule has 4 nitrogen and oxygen atoms in total. The van der Waals surface area contributed by atoms with E-state index in [0.29, 0.717) is 17.7 Å². The molecule has 1 aromatic carbocycles. The summed E-state index contributed by atoms with van der Waals surface area (Å²) in [5, 5.41) is 9.35. The second-order valence-corrected chi connectivity index (χ2v) is 4.77. The summed E-state index contributed by atoms with van der Waals surface area (Å²) in [5.74, 6) is 0.391. The molecule has 0 aliphatic rings. The Morgan fingerprint density at radius 2 is 2.14 bits per heavy atom. The number of Topliss-reactive ketones (excluding diaryl/α,β-unsaturated/α-hetero) is 1. The Morgan fingerprint density at radius 3 is 2.71 bits per heavy atom. The highest BCUT2D eigenvalue weighted by Gasteiger charge is 2.25. The van der Waals surface area contributed by atoms with E-state index in [1.807, 2.05) is 26.0 Å². The highest BCUT2D eigenvalue weighted by Crippen LogP contribution is 2.27. The van der Waals surface area contributed by atoms with Gasteiger partial charge in [-0.25, -0.2) is 0 Å². The minimum atomic E-state index is -0.893. The van der Waals surface area contributed by atoms with Crippen molar-refractivity contribution in [2.45, 2.75) is 26.2 Å². The van der Waals surface area contributed by atoms with Gasteiger partial charge in [-0.15, -0.1) is 0 Å². The number of nitriles is 1. The average molecular weight is 283 g/mol. The lowest BCUT2D eigenvalue weighted by molar-refractivity contribution is 0.0950. The number of ketones is 1. The van der Waals surface area contributed by atoms with Gasteiger partial charge in [0.2, 0.25) is 5.78 Å².